The fourth-order valence-corrected chi connectivity index (χ4v) is 2.78. The average Bonchev–Trinajstić information content (AvgIpc) is 2.51. The maximum atomic E-state index is 14.0. The van der Waals surface area contributed by atoms with Gasteiger partial charge in [-0.05, 0) is 31.4 Å². The number of halogens is 2. The van der Waals surface area contributed by atoms with Gasteiger partial charge in [-0.25, -0.2) is 13.6 Å². The normalized spacial score (nSPS) is 16.4. The first-order valence-electron chi connectivity index (χ1n) is 7.93. The Morgan fingerprint density at radius 3 is 2.75 bits per heavy atom. The molecular formula is C16H19BF2O5. The fourth-order valence-electron chi connectivity index (χ4n) is 2.78. The number of carbonyl (C=O) groups excluding carboxylic acids is 2. The number of Topliss-reactive ketones (excluding diaryl/α,β-unsaturated/α-hetero) is 1. The van der Waals surface area contributed by atoms with Crippen molar-refractivity contribution < 1.29 is 32.8 Å². The van der Waals surface area contributed by atoms with Gasteiger partial charge in [0.1, 0.15) is 17.1 Å². The van der Waals surface area contributed by atoms with E-state index in [0.29, 0.717) is 12.8 Å². The minimum Gasteiger partial charge on any atom is -0.535 e. The van der Waals surface area contributed by atoms with Crippen molar-refractivity contribution in [1.82, 2.24) is 0 Å². The van der Waals surface area contributed by atoms with Crippen LogP contribution in [0.1, 0.15) is 49.0 Å². The molecule has 0 saturated carbocycles. The lowest BCUT2D eigenvalue weighted by Crippen LogP contribution is -2.36. The summed E-state index contributed by atoms with van der Waals surface area (Å²) in [7, 11) is -1.38. The quantitative estimate of drug-likeness (QED) is 0.637. The van der Waals surface area contributed by atoms with E-state index in [1.54, 1.807) is 0 Å². The van der Waals surface area contributed by atoms with Gasteiger partial charge in [-0.3, -0.25) is 4.79 Å². The lowest BCUT2D eigenvalue weighted by atomic mass is 9.64. The van der Waals surface area contributed by atoms with Crippen LogP contribution in [-0.4, -0.2) is 30.5 Å². The summed E-state index contributed by atoms with van der Waals surface area (Å²) in [5, 5.41) is 10.1. The smallest absolute Gasteiger partial charge is 0.526 e. The molecule has 1 aliphatic rings. The minimum absolute atomic E-state index is 0.0136. The summed E-state index contributed by atoms with van der Waals surface area (Å²) in [6.07, 6.45) is 1.24. The molecule has 0 amide bonds. The number of ether oxygens (including phenoxy) is 1. The van der Waals surface area contributed by atoms with Crippen molar-refractivity contribution in [2.24, 2.45) is 0 Å². The van der Waals surface area contributed by atoms with E-state index < -0.39 is 36.1 Å². The third kappa shape index (κ3) is 3.75. The zero-order valence-electron chi connectivity index (χ0n) is 13.6. The number of fused-ring (bicyclic) bond motifs is 1. The number of rotatable bonds is 6. The summed E-state index contributed by atoms with van der Waals surface area (Å²) < 4.78 is 37.8. The van der Waals surface area contributed by atoms with Gasteiger partial charge in [0.05, 0.1) is 6.61 Å². The third-order valence-corrected chi connectivity index (χ3v) is 3.87. The van der Waals surface area contributed by atoms with Crippen LogP contribution in [0.2, 0.25) is 5.82 Å². The van der Waals surface area contributed by atoms with E-state index in [1.165, 1.54) is 6.92 Å². The molecule has 24 heavy (non-hydrogen) atoms. The predicted molar refractivity (Wildman–Crippen MR) is 82.9 cm³/mol. The lowest BCUT2D eigenvalue weighted by Gasteiger charge is -2.28. The molecular weight excluding hydrogens is 321 g/mol. The number of esters is 1. The van der Waals surface area contributed by atoms with Gasteiger partial charge >= 0.3 is 13.1 Å². The molecule has 130 valence electrons. The highest BCUT2D eigenvalue weighted by molar-refractivity contribution is 6.47. The summed E-state index contributed by atoms with van der Waals surface area (Å²) in [4.78, 5) is 23.7. The number of ketones is 1. The Labute approximate surface area is 139 Å². The van der Waals surface area contributed by atoms with Crippen LogP contribution in [0.25, 0.3) is 0 Å². The van der Waals surface area contributed by atoms with Crippen molar-refractivity contribution in [3.8, 4) is 5.75 Å². The van der Waals surface area contributed by atoms with Gasteiger partial charge in [0.25, 0.3) is 0 Å². The van der Waals surface area contributed by atoms with Gasteiger partial charge in [0.15, 0.2) is 11.6 Å². The predicted octanol–water partition coefficient (Wildman–Crippen LogP) is 2.69. The van der Waals surface area contributed by atoms with E-state index in [0.717, 1.165) is 6.07 Å². The van der Waals surface area contributed by atoms with Crippen LogP contribution in [0.15, 0.2) is 6.07 Å². The fraction of sp³-hybridized carbons (Fsp3) is 0.500. The molecule has 0 saturated heterocycles. The Hall–Kier alpha value is -1.96. The molecule has 0 unspecified atom stereocenters. The van der Waals surface area contributed by atoms with E-state index in [1.807, 2.05) is 6.92 Å². The molecule has 1 aromatic carbocycles. The monoisotopic (exact) mass is 340 g/mol. The molecule has 1 aliphatic heterocycles. The Kier molecular flexibility index (Phi) is 5.93. The van der Waals surface area contributed by atoms with Crippen LogP contribution in [0.5, 0.6) is 5.75 Å². The molecule has 0 aliphatic carbocycles. The molecule has 0 bridgehead atoms. The zero-order valence-corrected chi connectivity index (χ0v) is 13.6. The summed E-state index contributed by atoms with van der Waals surface area (Å²) in [6.45, 7) is 3.39. The first-order chi connectivity index (χ1) is 11.4. The first kappa shape index (κ1) is 18.4. The van der Waals surface area contributed by atoms with Gasteiger partial charge in [0.2, 0.25) is 0 Å². The Morgan fingerprint density at radius 1 is 1.42 bits per heavy atom. The molecule has 0 radical (unpaired) electrons. The molecule has 1 N–H and O–H groups in total. The second-order valence-corrected chi connectivity index (χ2v) is 5.72. The second kappa shape index (κ2) is 7.74. The average molecular weight is 340 g/mol. The van der Waals surface area contributed by atoms with Crippen LogP contribution in [0.3, 0.4) is 0 Å². The highest BCUT2D eigenvalue weighted by Crippen LogP contribution is 2.38. The molecule has 2 rings (SSSR count). The number of benzene rings is 1. The SMILES string of the molecule is CCCC(=O)C[C@H]1Cc2cc(F)c(F)c(C(=O)OCC)c2OB1O. The standard InChI is InChI=1S/C16H19BF2O5/c1-3-5-11(20)8-10-6-9-7-12(18)14(19)13(16(21)23-4-2)15(9)24-17(10)22/h7,10,22H,3-6,8H2,1-2H3/t10-/m1/s1. The zero-order chi connectivity index (χ0) is 17.9. The van der Waals surface area contributed by atoms with Crippen molar-refractivity contribution in [3.63, 3.8) is 0 Å². The highest BCUT2D eigenvalue weighted by Gasteiger charge is 2.39. The molecule has 8 heteroatoms. The molecule has 0 spiro atoms. The number of carbonyl (C=O) groups is 2. The van der Waals surface area contributed by atoms with E-state index in [2.05, 4.69) is 0 Å². The summed E-state index contributed by atoms with van der Waals surface area (Å²) in [5.74, 6) is -4.47. The van der Waals surface area contributed by atoms with Crippen molar-refractivity contribution in [2.45, 2.75) is 45.3 Å². The van der Waals surface area contributed by atoms with Gasteiger partial charge in [-0.1, -0.05) is 6.92 Å². The minimum atomic E-state index is -1.38. The first-order valence-corrected chi connectivity index (χ1v) is 7.93. The van der Waals surface area contributed by atoms with E-state index in [4.69, 9.17) is 9.39 Å². The molecule has 0 aromatic heterocycles. The Bertz CT molecular complexity index is 650. The Balaban J connectivity index is 2.35. The van der Waals surface area contributed by atoms with Crippen molar-refractivity contribution in [2.75, 3.05) is 6.61 Å². The molecule has 0 fully saturated rings. The maximum absolute atomic E-state index is 14.0. The van der Waals surface area contributed by atoms with Crippen LogP contribution >= 0.6 is 0 Å². The van der Waals surface area contributed by atoms with Crippen LogP contribution in [0, 0.1) is 11.6 Å². The van der Waals surface area contributed by atoms with Crippen molar-refractivity contribution in [3.05, 3.63) is 28.8 Å². The number of hydrogen-bond donors (Lipinski definition) is 1. The summed E-state index contributed by atoms with van der Waals surface area (Å²) in [5.41, 5.74) is -0.430. The largest absolute Gasteiger partial charge is 0.535 e. The van der Waals surface area contributed by atoms with Gasteiger partial charge in [-0.15, -0.1) is 0 Å². The molecule has 1 atom stereocenters. The van der Waals surface area contributed by atoms with Crippen LogP contribution in [0.4, 0.5) is 8.78 Å². The van der Waals surface area contributed by atoms with E-state index in [-0.39, 0.29) is 36.5 Å². The van der Waals surface area contributed by atoms with Gasteiger partial charge in [-0.2, -0.15) is 0 Å². The summed E-state index contributed by atoms with van der Waals surface area (Å²) in [6, 6.07) is 0.927. The lowest BCUT2D eigenvalue weighted by molar-refractivity contribution is -0.119. The molecule has 1 heterocycles. The topological polar surface area (TPSA) is 72.8 Å². The van der Waals surface area contributed by atoms with Gasteiger partial charge in [0, 0.05) is 18.7 Å². The van der Waals surface area contributed by atoms with Crippen molar-refractivity contribution in [1.29, 1.82) is 0 Å². The maximum Gasteiger partial charge on any atom is 0.526 e. The Morgan fingerprint density at radius 2 is 2.12 bits per heavy atom. The highest BCUT2D eigenvalue weighted by atomic mass is 19.2. The van der Waals surface area contributed by atoms with E-state index in [9.17, 15) is 23.4 Å². The summed E-state index contributed by atoms with van der Waals surface area (Å²) >= 11 is 0. The van der Waals surface area contributed by atoms with Crippen LogP contribution < -0.4 is 4.65 Å². The molecule has 5 nitrogen and oxygen atoms in total. The third-order valence-electron chi connectivity index (χ3n) is 3.87. The van der Waals surface area contributed by atoms with Crippen LogP contribution in [-0.2, 0) is 16.0 Å². The number of hydrogen-bond acceptors (Lipinski definition) is 5. The van der Waals surface area contributed by atoms with E-state index >= 15 is 0 Å². The van der Waals surface area contributed by atoms with Gasteiger partial charge < -0.3 is 14.4 Å². The van der Waals surface area contributed by atoms with Crippen molar-refractivity contribution >= 4 is 18.9 Å². The second-order valence-electron chi connectivity index (χ2n) is 5.72. The molecule has 1 aromatic rings.